The second-order valence-electron chi connectivity index (χ2n) is 12.5. The molecule has 0 radical (unpaired) electrons. The van der Waals surface area contributed by atoms with Crippen molar-refractivity contribution in [2.24, 2.45) is 0 Å². The van der Waals surface area contributed by atoms with Gasteiger partial charge in [0.05, 0.1) is 24.0 Å². The average molecular weight is 723 g/mol. The number of sulfonamides is 1. The van der Waals surface area contributed by atoms with Gasteiger partial charge in [-0.2, -0.15) is 0 Å². The Bertz CT molecular complexity index is 1830. The summed E-state index contributed by atoms with van der Waals surface area (Å²) < 4.78 is 34.7. The number of carbonyl (C=O) groups excluding carboxylic acids is 1. The number of aromatic nitrogens is 4. The first-order valence-corrected chi connectivity index (χ1v) is 18.9. The van der Waals surface area contributed by atoms with Crippen molar-refractivity contribution in [2.75, 3.05) is 18.5 Å². The number of carboxylic acid groups (broad SMARTS) is 1. The molecule has 1 aliphatic heterocycles. The van der Waals surface area contributed by atoms with Crippen LogP contribution in [0.2, 0.25) is 5.02 Å². The molecule has 1 aromatic heterocycles. The standard InChI is InChI=1S/C20H27N5O2.C16H16ClNO4S/c26-20-12-9-15-14-17(10-11-18(15)21-20)27-13-5-4-8-19-22-23-24-25(19)16-6-2-1-3-7-16;17-14-5-7-15(8-6-14)23(21,22)18-10-9-12-1-3-13(4-2-12)11-16(19)20/h10-11,14,16H,1-9,12-13H2,(H,21,26);1-8,18H,9-11H2,(H,19,20). The van der Waals surface area contributed by atoms with Crippen LogP contribution in [0.4, 0.5) is 5.69 Å². The first-order chi connectivity index (χ1) is 24.2. The molecule has 2 aliphatic rings. The maximum absolute atomic E-state index is 12.1. The Morgan fingerprint density at radius 1 is 0.960 bits per heavy atom. The molecule has 0 spiro atoms. The second kappa shape index (κ2) is 18.1. The van der Waals surface area contributed by atoms with E-state index in [9.17, 15) is 18.0 Å². The summed E-state index contributed by atoms with van der Waals surface area (Å²) >= 11 is 5.74. The average Bonchev–Trinajstić information content (AvgIpc) is 3.58. The fraction of sp³-hybridized carbons (Fsp3) is 0.417. The van der Waals surface area contributed by atoms with E-state index >= 15 is 0 Å². The van der Waals surface area contributed by atoms with Crippen LogP contribution >= 0.6 is 11.6 Å². The van der Waals surface area contributed by atoms with E-state index in [2.05, 4.69) is 30.2 Å². The molecule has 1 saturated carbocycles. The van der Waals surface area contributed by atoms with Crippen LogP contribution < -0.4 is 14.8 Å². The molecule has 6 rings (SSSR count). The van der Waals surface area contributed by atoms with Crippen molar-refractivity contribution in [2.45, 2.75) is 88.0 Å². The molecule has 0 atom stereocenters. The Hall–Kier alpha value is -4.33. The van der Waals surface area contributed by atoms with Gasteiger partial charge in [0, 0.05) is 30.1 Å². The Balaban J connectivity index is 0.000000197. The fourth-order valence-electron chi connectivity index (χ4n) is 6.04. The number of tetrazole rings is 1. The number of hydrogen-bond donors (Lipinski definition) is 3. The summed E-state index contributed by atoms with van der Waals surface area (Å²) in [6, 6.07) is 19.4. The predicted octanol–water partition coefficient (Wildman–Crippen LogP) is 5.95. The van der Waals surface area contributed by atoms with Gasteiger partial charge in [0.25, 0.3) is 0 Å². The van der Waals surface area contributed by atoms with Crippen molar-refractivity contribution in [3.63, 3.8) is 0 Å². The number of carboxylic acids is 1. The van der Waals surface area contributed by atoms with Crippen LogP contribution in [0.3, 0.4) is 0 Å². The van der Waals surface area contributed by atoms with Gasteiger partial charge in [0.2, 0.25) is 15.9 Å². The third-order valence-corrected chi connectivity index (χ3v) is 10.5. The molecule has 2 heterocycles. The first-order valence-electron chi connectivity index (χ1n) is 17.0. The Morgan fingerprint density at radius 3 is 2.44 bits per heavy atom. The second-order valence-corrected chi connectivity index (χ2v) is 14.7. The number of fused-ring (bicyclic) bond motifs is 1. The van der Waals surface area contributed by atoms with Crippen LogP contribution in [0, 0.1) is 0 Å². The minimum absolute atomic E-state index is 0.0243. The molecule has 1 amide bonds. The van der Waals surface area contributed by atoms with Crippen LogP contribution in [0.1, 0.15) is 79.9 Å². The number of nitrogens with one attached hydrogen (secondary N) is 2. The van der Waals surface area contributed by atoms with Gasteiger partial charge in [-0.05, 0) is 108 Å². The third-order valence-electron chi connectivity index (χ3n) is 8.73. The van der Waals surface area contributed by atoms with Crippen molar-refractivity contribution in [3.8, 4) is 5.75 Å². The van der Waals surface area contributed by atoms with Gasteiger partial charge in [-0.3, -0.25) is 9.59 Å². The Kier molecular flexibility index (Phi) is 13.3. The topological polar surface area (TPSA) is 165 Å². The molecule has 4 aromatic rings. The van der Waals surface area contributed by atoms with Crippen molar-refractivity contribution < 1.29 is 27.9 Å². The third kappa shape index (κ3) is 11.1. The van der Waals surface area contributed by atoms with Gasteiger partial charge < -0.3 is 15.2 Å². The number of anilines is 1. The van der Waals surface area contributed by atoms with E-state index in [1.807, 2.05) is 18.2 Å². The van der Waals surface area contributed by atoms with Gasteiger partial charge in [-0.1, -0.05) is 55.1 Å². The van der Waals surface area contributed by atoms with Crippen molar-refractivity contribution in [1.82, 2.24) is 24.9 Å². The number of nitrogens with zero attached hydrogens (tertiary/aromatic N) is 4. The van der Waals surface area contributed by atoms with E-state index in [0.29, 0.717) is 36.1 Å². The largest absolute Gasteiger partial charge is 0.494 e. The molecular weight excluding hydrogens is 680 g/mol. The maximum atomic E-state index is 12.1. The van der Waals surface area contributed by atoms with Crippen LogP contribution in [0.15, 0.2) is 71.6 Å². The van der Waals surface area contributed by atoms with Crippen LogP contribution in [0.5, 0.6) is 5.75 Å². The van der Waals surface area contributed by atoms with E-state index in [-0.39, 0.29) is 23.8 Å². The number of rotatable bonds is 14. The van der Waals surface area contributed by atoms with E-state index in [0.717, 1.165) is 54.1 Å². The summed E-state index contributed by atoms with van der Waals surface area (Å²) in [5, 5.41) is 24.4. The highest BCUT2D eigenvalue weighted by Crippen LogP contribution is 2.29. The van der Waals surface area contributed by atoms with Crippen LogP contribution in [-0.4, -0.2) is 58.8 Å². The normalized spacial score (nSPS) is 14.6. The predicted molar refractivity (Wildman–Crippen MR) is 190 cm³/mol. The minimum atomic E-state index is -3.56. The zero-order chi connectivity index (χ0) is 35.3. The minimum Gasteiger partial charge on any atom is -0.494 e. The van der Waals surface area contributed by atoms with Crippen molar-refractivity contribution in [1.29, 1.82) is 0 Å². The van der Waals surface area contributed by atoms with Gasteiger partial charge in [0.1, 0.15) is 5.75 Å². The fourth-order valence-corrected chi connectivity index (χ4v) is 7.19. The molecule has 266 valence electrons. The number of aryl methyl sites for hydroxylation is 2. The Morgan fingerprint density at radius 2 is 1.70 bits per heavy atom. The zero-order valence-corrected chi connectivity index (χ0v) is 29.5. The summed E-state index contributed by atoms with van der Waals surface area (Å²) in [4.78, 5) is 22.2. The van der Waals surface area contributed by atoms with Crippen molar-refractivity contribution in [3.05, 3.63) is 94.3 Å². The molecule has 0 bridgehead atoms. The van der Waals surface area contributed by atoms with Crippen molar-refractivity contribution >= 4 is 39.2 Å². The highest BCUT2D eigenvalue weighted by molar-refractivity contribution is 7.89. The monoisotopic (exact) mass is 722 g/mol. The highest BCUT2D eigenvalue weighted by atomic mass is 35.5. The van der Waals surface area contributed by atoms with Gasteiger partial charge in [0.15, 0.2) is 5.82 Å². The molecule has 0 saturated heterocycles. The number of ether oxygens (including phenoxy) is 1. The summed E-state index contributed by atoms with van der Waals surface area (Å²) in [7, 11) is -3.56. The first kappa shape index (κ1) is 36.9. The lowest BCUT2D eigenvalue weighted by atomic mass is 9.95. The quantitative estimate of drug-likeness (QED) is 0.133. The molecule has 50 heavy (non-hydrogen) atoms. The highest BCUT2D eigenvalue weighted by Gasteiger charge is 2.20. The molecule has 12 nitrogen and oxygen atoms in total. The maximum Gasteiger partial charge on any atom is 0.307 e. The number of amides is 1. The summed E-state index contributed by atoms with van der Waals surface area (Å²) in [6.45, 7) is 0.930. The molecular formula is C36H43ClN6O6S. The lowest BCUT2D eigenvalue weighted by Crippen LogP contribution is -2.25. The molecule has 3 aromatic carbocycles. The molecule has 0 unspecified atom stereocenters. The number of unbranched alkanes of at least 4 members (excludes halogenated alkanes) is 1. The van der Waals surface area contributed by atoms with Gasteiger partial charge in [-0.15, -0.1) is 5.10 Å². The molecule has 14 heteroatoms. The number of hydrogen-bond acceptors (Lipinski definition) is 8. The summed E-state index contributed by atoms with van der Waals surface area (Å²) in [5.74, 6) is 1.09. The number of carbonyl (C=O) groups is 2. The zero-order valence-electron chi connectivity index (χ0n) is 27.9. The van der Waals surface area contributed by atoms with E-state index < -0.39 is 16.0 Å². The molecule has 3 N–H and O–H groups in total. The van der Waals surface area contributed by atoms with Crippen LogP contribution in [0.25, 0.3) is 0 Å². The van der Waals surface area contributed by atoms with E-state index in [1.54, 1.807) is 24.3 Å². The summed E-state index contributed by atoms with van der Waals surface area (Å²) in [6.07, 6.45) is 11.0. The smallest absolute Gasteiger partial charge is 0.307 e. The summed E-state index contributed by atoms with van der Waals surface area (Å²) in [5.41, 5.74) is 3.70. The lowest BCUT2D eigenvalue weighted by Gasteiger charge is -2.22. The van der Waals surface area contributed by atoms with E-state index in [4.69, 9.17) is 21.4 Å². The molecule has 1 fully saturated rings. The molecule has 1 aliphatic carbocycles. The lowest BCUT2D eigenvalue weighted by molar-refractivity contribution is -0.136. The Labute approximate surface area is 297 Å². The number of halogens is 1. The number of benzene rings is 3. The van der Waals surface area contributed by atoms with E-state index in [1.165, 1.54) is 56.4 Å². The van der Waals surface area contributed by atoms with Gasteiger partial charge >= 0.3 is 5.97 Å². The SMILES string of the molecule is O=C(O)Cc1ccc(CCNS(=O)(=O)c2ccc(Cl)cc2)cc1.O=C1CCc2cc(OCCCCc3nnnn3C3CCCCC3)ccc2N1. The van der Waals surface area contributed by atoms with Crippen LogP contribution in [-0.2, 0) is 45.3 Å². The number of aliphatic carboxylic acids is 1. The van der Waals surface area contributed by atoms with Gasteiger partial charge in [-0.25, -0.2) is 17.8 Å².